The third kappa shape index (κ3) is 26.9. The van der Waals surface area contributed by atoms with Crippen molar-refractivity contribution in [2.45, 2.75) is 161 Å². The first-order chi connectivity index (χ1) is 67.0. The second kappa shape index (κ2) is 50.8. The Bertz CT molecular complexity index is 6860. The van der Waals surface area contributed by atoms with Gasteiger partial charge >= 0.3 is 105 Å². The molecule has 42 nitrogen and oxygen atoms in total. The molecule has 0 spiro atoms. The molecule has 17 aromatic rings. The molecule has 138 heavy (non-hydrogen) atoms. The van der Waals surface area contributed by atoms with E-state index in [2.05, 4.69) is 123 Å². The molecular formula is C94H104ClN29O13Sn. The Labute approximate surface area is 801 Å². The summed E-state index contributed by atoms with van der Waals surface area (Å²) in [7, 11) is 1.00. The molecule has 7 aromatic carbocycles. The Morgan fingerprint density at radius 2 is 0.833 bits per heavy atom. The Kier molecular flexibility index (Phi) is 37.7. The van der Waals surface area contributed by atoms with Gasteiger partial charge in [0.1, 0.15) is 94.7 Å². The fourth-order valence-electron chi connectivity index (χ4n) is 14.6. The minimum absolute atomic E-state index is 0.0954. The third-order valence-electron chi connectivity index (χ3n) is 21.6. The molecule has 0 radical (unpaired) electrons. The smallest absolute Gasteiger partial charge is 0.264 e. The van der Waals surface area contributed by atoms with Crippen molar-refractivity contribution in [1.29, 1.82) is 10.5 Å². The average Bonchev–Trinajstić information content (AvgIpc) is 1.65. The van der Waals surface area contributed by atoms with Crippen molar-refractivity contribution in [2.75, 3.05) is 40.2 Å². The van der Waals surface area contributed by atoms with E-state index in [9.17, 15) is 29.6 Å². The molecular weight excluding hydrogens is 1900 g/mol. The predicted octanol–water partition coefficient (Wildman–Crippen LogP) is 16.8. The molecule has 0 saturated heterocycles. The van der Waals surface area contributed by atoms with E-state index < -0.39 is 23.9 Å². The quantitative estimate of drug-likeness (QED) is 0.00485. The number of aromatic amines is 2. The number of rotatable bonds is 33. The molecule has 5 N–H and O–H groups in total. The number of aromatic nitrogens is 20. The topological polar surface area (TPSA) is 539 Å². The number of hydrogen-bond donors (Lipinski definition) is 5. The van der Waals surface area contributed by atoms with Crippen molar-refractivity contribution < 1.29 is 62.1 Å². The van der Waals surface area contributed by atoms with Gasteiger partial charge in [-0.1, -0.05) is 137 Å². The molecule has 0 unspecified atom stereocenters. The van der Waals surface area contributed by atoms with Gasteiger partial charge in [0.25, 0.3) is 23.0 Å². The zero-order chi connectivity index (χ0) is 98.6. The number of azide groups is 1. The van der Waals surface area contributed by atoms with E-state index in [1.54, 1.807) is 109 Å². The van der Waals surface area contributed by atoms with Crippen LogP contribution in [0, 0.1) is 78.1 Å². The number of H-pyrrole nitrogens is 2. The van der Waals surface area contributed by atoms with Crippen LogP contribution in [0.4, 0.5) is 22.7 Å². The van der Waals surface area contributed by atoms with Gasteiger partial charge in [-0.2, -0.15) is 21.0 Å². The SMILES string of the molecule is CCC[CH2][Sn]([CH2]CCC)([CH2]CCC)[N]=[N+]=[N-].CO.Cc1noc(C)c1C(=O)Cl.Cc1noc(C)c1C(=O)N(CC#N)c1ccc2c(cnn2OCc2ccccc2)c1.Cc1noc(C)c1C(=O)N(Cc1nn[nH]n1)c1ccc2c(cnn2O)c1.Cc1noc(C)c1C(=O)N(Cc1nn[nH]n1)c1ccc2c(cnn2OCc2ccccc2)c1.N#CCNc1ccc2c(cnn2OCc2ccccc2)c1. The fourth-order valence-corrected chi connectivity index (χ4v) is 27.0. The molecule has 17 rings (SSSR count). The molecule has 0 bridgehead atoms. The molecule has 0 aliphatic carbocycles. The number of nitriles is 2. The third-order valence-corrected chi connectivity index (χ3v) is 34.2. The van der Waals surface area contributed by atoms with Gasteiger partial charge in [0.2, 0.25) is 0 Å². The van der Waals surface area contributed by atoms with Crippen LogP contribution >= 0.6 is 11.6 Å². The van der Waals surface area contributed by atoms with Gasteiger partial charge in [-0.05, 0) is 156 Å². The molecule has 44 heteroatoms. The van der Waals surface area contributed by atoms with Gasteiger partial charge in [0.15, 0.2) is 11.6 Å². The first-order valence-corrected chi connectivity index (χ1v) is 51.6. The Balaban J connectivity index is 0.000000163. The minimum atomic E-state index is -2.45. The number of tetrazole rings is 2. The number of fused-ring (bicyclic) bond motifs is 4. The molecule has 0 aliphatic rings. The van der Waals surface area contributed by atoms with Crippen molar-refractivity contribution in [2.24, 2.45) is 3.34 Å². The van der Waals surface area contributed by atoms with Crippen molar-refractivity contribution in [3.63, 3.8) is 0 Å². The summed E-state index contributed by atoms with van der Waals surface area (Å²) in [6.45, 7) is 21.8. The zero-order valence-electron chi connectivity index (χ0n) is 78.1. The Hall–Kier alpha value is -16.2. The minimum Gasteiger partial charge on any atom is -0.411 e. The average molecular weight is 2000 g/mol. The van der Waals surface area contributed by atoms with Crippen LogP contribution in [-0.2, 0) is 32.9 Å². The molecule has 0 saturated carbocycles. The van der Waals surface area contributed by atoms with Crippen LogP contribution in [0.15, 0.2) is 210 Å². The van der Waals surface area contributed by atoms with Crippen LogP contribution < -0.4 is 34.5 Å². The van der Waals surface area contributed by atoms with Crippen molar-refractivity contribution in [3.05, 3.63) is 295 Å². The zero-order valence-corrected chi connectivity index (χ0v) is 81.7. The number of anilines is 4. The Morgan fingerprint density at radius 3 is 1.17 bits per heavy atom. The van der Waals surface area contributed by atoms with Gasteiger partial charge in [-0.25, -0.2) is 0 Å². The van der Waals surface area contributed by atoms with Crippen molar-refractivity contribution in [1.82, 2.24) is 102 Å². The number of halogens is 1. The fraction of sp³-hybridized carbons (Fsp3) is 0.298. The van der Waals surface area contributed by atoms with E-state index in [-0.39, 0.29) is 43.9 Å². The van der Waals surface area contributed by atoms with Gasteiger partial charge in [0.05, 0.1) is 78.4 Å². The summed E-state index contributed by atoms with van der Waals surface area (Å²) in [4.78, 5) is 80.5. The molecule has 0 fully saturated rings. The number of nitrogens with zero attached hydrogens (tertiary/aromatic N) is 26. The standard InChI is InChI=1S/C22H20N8O3.C22H19N5O3.C16H14N4O.C15H14N8O3.C6H6ClNO2.3C4H9.CH4O.N3.Sn/c1-14-21(15(2)33-26-14)22(31)29(12-20-24-27-28-25-20)18-8-9-19-17(10-18)11-23-30(19)32-13-16-6-4-3-5-7-16;1-15-21(16(2)30-25-15)22(28)26(11-10-23)19-8-9-20-18(12-19)13-24-27(20)29-14-17-6-4-3-5-7-17;17-8-9-18-15-6-7-16-14(10-15)11-19-20(16)21-12-13-4-2-1-3-5-13;1-8-14(9(2)26-19-8)15(24)22(7-13-17-20-21-18-13)11-3-4-12-10(5-11)6-16-23(12)25;1-3-5(6(7)9)4(2)10-8-3;3*1-3-4-2;1-2;1-3-2;/h3-11H,12-13H2,1-2H3,(H,24,25,27,28);3-9,12-13H,11,14H2,1-2H3;1-7,10-11,18H,9,12H2;3-6,25H,7H2,1-2H3,(H,17,18,20,21);1-2H3;3*1,3-4H2,2H3;2H,1H3;;/q;;;;;;;;;-1;+1. The van der Waals surface area contributed by atoms with E-state index >= 15 is 0 Å². The van der Waals surface area contributed by atoms with Crippen LogP contribution in [-0.4, -0.2) is 174 Å². The van der Waals surface area contributed by atoms with Crippen LogP contribution in [0.2, 0.25) is 13.3 Å². The number of hydrogen-bond acceptors (Lipinski definition) is 31. The van der Waals surface area contributed by atoms with Crippen LogP contribution in [0.25, 0.3) is 54.1 Å². The number of carbonyl (C=O) groups excluding carboxylic acids is 4. The predicted molar refractivity (Wildman–Crippen MR) is 513 cm³/mol. The van der Waals surface area contributed by atoms with E-state index in [4.69, 9.17) is 60.1 Å². The van der Waals surface area contributed by atoms with Gasteiger partial charge in [-0.3, -0.25) is 24.1 Å². The summed E-state index contributed by atoms with van der Waals surface area (Å²) < 4.78 is 28.3. The molecule has 0 atom stereocenters. The number of unbranched alkanes of at least 4 members (excludes halogenated alkanes) is 3. The monoisotopic (exact) mass is 2000 g/mol. The number of nitrogens with one attached hydrogen (secondary N) is 3. The first-order valence-electron chi connectivity index (χ1n) is 43.9. The number of aliphatic hydroxyl groups excluding tert-OH is 1. The molecule has 3 amide bonds. The van der Waals surface area contributed by atoms with E-state index in [1.807, 2.05) is 140 Å². The van der Waals surface area contributed by atoms with Crippen LogP contribution in [0.3, 0.4) is 0 Å². The van der Waals surface area contributed by atoms with Gasteiger partial charge < -0.3 is 58.0 Å². The maximum Gasteiger partial charge on any atom is 0.264 e. The summed E-state index contributed by atoms with van der Waals surface area (Å²) in [5.41, 5.74) is 21.2. The van der Waals surface area contributed by atoms with Crippen LogP contribution in [0.5, 0.6) is 0 Å². The number of carbonyl (C=O) groups is 4. The van der Waals surface area contributed by atoms with Gasteiger partial charge in [0, 0.05) is 51.4 Å². The summed E-state index contributed by atoms with van der Waals surface area (Å²) >= 11 is 2.77. The summed E-state index contributed by atoms with van der Waals surface area (Å²) in [5.74, 6) is 1.57. The molecule has 10 heterocycles. The molecule has 0 aliphatic heterocycles. The normalized spacial score (nSPS) is 10.7. The second-order valence-corrected chi connectivity index (χ2v) is 43.3. The number of aryl methyl sites for hydroxylation is 8. The maximum atomic E-state index is 13.5. The van der Waals surface area contributed by atoms with Gasteiger partial charge in [-0.15, -0.1) is 45.6 Å². The number of amides is 3. The maximum absolute atomic E-state index is 13.5. The summed E-state index contributed by atoms with van der Waals surface area (Å²) in [6, 6.07) is 55.5. The van der Waals surface area contributed by atoms with E-state index in [1.165, 1.54) is 82.4 Å². The second-order valence-electron chi connectivity index (χ2n) is 31.2. The molecule has 714 valence electrons. The Morgan fingerprint density at radius 1 is 0.486 bits per heavy atom. The summed E-state index contributed by atoms with van der Waals surface area (Å²) in [6.07, 6.45) is 14.1. The molecule has 10 aromatic heterocycles. The van der Waals surface area contributed by atoms with Crippen molar-refractivity contribution >= 4 is 120 Å². The summed E-state index contributed by atoms with van der Waals surface area (Å²) in [5, 5.41) is 99.7. The number of aliphatic hydroxyl groups is 1. The van der Waals surface area contributed by atoms with Crippen molar-refractivity contribution in [3.8, 4) is 12.1 Å². The largest absolute Gasteiger partial charge is 0.411 e. The van der Waals surface area contributed by atoms with Crippen LogP contribution in [0.1, 0.15) is 175 Å². The first kappa shape index (κ1) is 102. The number of benzene rings is 7. The van der Waals surface area contributed by atoms with E-state index in [0.29, 0.717) is 128 Å². The van der Waals surface area contributed by atoms with E-state index in [0.717, 1.165) is 67.0 Å².